The van der Waals surface area contributed by atoms with Gasteiger partial charge in [-0.1, -0.05) is 26.7 Å². The summed E-state index contributed by atoms with van der Waals surface area (Å²) >= 11 is 0. The zero-order chi connectivity index (χ0) is 13.5. The highest BCUT2D eigenvalue weighted by atomic mass is 16.4. The minimum Gasteiger partial charge on any atom is -0.480 e. The van der Waals surface area contributed by atoms with Gasteiger partial charge in [0.15, 0.2) is 0 Å². The molecule has 0 saturated carbocycles. The quantitative estimate of drug-likeness (QED) is 0.791. The summed E-state index contributed by atoms with van der Waals surface area (Å²) in [4.78, 5) is 24.8. The average molecular weight is 256 g/mol. The van der Waals surface area contributed by atoms with Crippen molar-refractivity contribution in [1.82, 2.24) is 10.2 Å². The van der Waals surface area contributed by atoms with Crippen molar-refractivity contribution in [2.45, 2.75) is 52.0 Å². The molecule has 0 bridgehead atoms. The molecule has 2 unspecified atom stereocenters. The van der Waals surface area contributed by atoms with Gasteiger partial charge in [-0.15, -0.1) is 0 Å². The standard InChI is InChI=1S/C13H24N2O3/c1-3-4-7-11(12(16)17)14-13(18)15-8-5-6-10(2)9-15/h10-11H,3-9H2,1-2H3,(H,14,18)(H,16,17). The van der Waals surface area contributed by atoms with Crippen LogP contribution in [0.2, 0.25) is 0 Å². The number of aliphatic carboxylic acids is 1. The number of carboxylic acid groups (broad SMARTS) is 1. The number of hydrogen-bond acceptors (Lipinski definition) is 2. The van der Waals surface area contributed by atoms with Crippen LogP contribution in [0, 0.1) is 5.92 Å². The normalized spacial score (nSPS) is 21.4. The van der Waals surface area contributed by atoms with E-state index in [0.717, 1.165) is 38.8 Å². The Morgan fingerprint density at radius 2 is 2.22 bits per heavy atom. The lowest BCUT2D eigenvalue weighted by Gasteiger charge is -2.31. The van der Waals surface area contributed by atoms with Crippen molar-refractivity contribution < 1.29 is 14.7 Å². The number of nitrogens with one attached hydrogen (secondary N) is 1. The number of nitrogens with zero attached hydrogens (tertiary/aromatic N) is 1. The minimum absolute atomic E-state index is 0.231. The van der Waals surface area contributed by atoms with Gasteiger partial charge in [-0.05, 0) is 25.2 Å². The highest BCUT2D eigenvalue weighted by molar-refractivity contribution is 5.82. The Bertz CT molecular complexity index is 294. The van der Waals surface area contributed by atoms with Crippen molar-refractivity contribution in [1.29, 1.82) is 0 Å². The van der Waals surface area contributed by atoms with Gasteiger partial charge in [0.25, 0.3) is 0 Å². The van der Waals surface area contributed by atoms with Gasteiger partial charge in [-0.25, -0.2) is 9.59 Å². The van der Waals surface area contributed by atoms with Crippen molar-refractivity contribution >= 4 is 12.0 Å². The first kappa shape index (κ1) is 14.8. The molecule has 5 heteroatoms. The molecule has 2 N–H and O–H groups in total. The zero-order valence-corrected chi connectivity index (χ0v) is 11.3. The summed E-state index contributed by atoms with van der Waals surface area (Å²) in [6.07, 6.45) is 4.39. The summed E-state index contributed by atoms with van der Waals surface area (Å²) in [7, 11) is 0. The number of carbonyl (C=O) groups excluding carboxylic acids is 1. The average Bonchev–Trinajstić information content (AvgIpc) is 2.33. The summed E-state index contributed by atoms with van der Waals surface area (Å²) in [6.45, 7) is 5.58. The van der Waals surface area contributed by atoms with E-state index < -0.39 is 12.0 Å². The van der Waals surface area contributed by atoms with Gasteiger partial charge in [-0.2, -0.15) is 0 Å². The van der Waals surface area contributed by atoms with Crippen LogP contribution in [0.1, 0.15) is 46.0 Å². The third-order valence-electron chi connectivity index (χ3n) is 3.39. The number of piperidine rings is 1. The molecule has 104 valence electrons. The van der Waals surface area contributed by atoms with Gasteiger partial charge in [0, 0.05) is 13.1 Å². The first-order valence-corrected chi connectivity index (χ1v) is 6.82. The summed E-state index contributed by atoms with van der Waals surface area (Å²) < 4.78 is 0. The predicted molar refractivity (Wildman–Crippen MR) is 69.5 cm³/mol. The fourth-order valence-electron chi connectivity index (χ4n) is 2.28. The van der Waals surface area contributed by atoms with Crippen molar-refractivity contribution in [3.05, 3.63) is 0 Å². The van der Waals surface area contributed by atoms with E-state index in [4.69, 9.17) is 5.11 Å². The summed E-state index contributed by atoms with van der Waals surface area (Å²) in [5.74, 6) is -0.440. The fourth-order valence-corrected chi connectivity index (χ4v) is 2.28. The lowest BCUT2D eigenvalue weighted by atomic mass is 10.0. The maximum atomic E-state index is 12.0. The first-order chi connectivity index (χ1) is 8.54. The molecule has 1 fully saturated rings. The van der Waals surface area contributed by atoms with Crippen molar-refractivity contribution in [3.63, 3.8) is 0 Å². The van der Waals surface area contributed by atoms with Crippen LogP contribution in [-0.2, 0) is 4.79 Å². The van der Waals surface area contributed by atoms with Crippen LogP contribution in [0.5, 0.6) is 0 Å². The van der Waals surface area contributed by atoms with Gasteiger partial charge in [0.1, 0.15) is 6.04 Å². The van der Waals surface area contributed by atoms with E-state index in [1.54, 1.807) is 4.90 Å². The van der Waals surface area contributed by atoms with E-state index in [2.05, 4.69) is 12.2 Å². The number of unbranched alkanes of at least 4 members (excludes halogenated alkanes) is 1. The van der Waals surface area contributed by atoms with Gasteiger partial charge >= 0.3 is 12.0 Å². The summed E-state index contributed by atoms with van der Waals surface area (Å²) in [6, 6.07) is -0.986. The van der Waals surface area contributed by atoms with Crippen LogP contribution in [0.3, 0.4) is 0 Å². The van der Waals surface area contributed by atoms with Gasteiger partial charge in [-0.3, -0.25) is 0 Å². The van der Waals surface area contributed by atoms with Crippen LogP contribution < -0.4 is 5.32 Å². The molecule has 1 aliphatic heterocycles. The Labute approximate surface area is 109 Å². The van der Waals surface area contributed by atoms with Gasteiger partial charge in [0.2, 0.25) is 0 Å². The van der Waals surface area contributed by atoms with Crippen molar-refractivity contribution in [3.8, 4) is 0 Å². The molecule has 1 rings (SSSR count). The van der Waals surface area contributed by atoms with Crippen molar-refractivity contribution in [2.75, 3.05) is 13.1 Å². The van der Waals surface area contributed by atoms with Gasteiger partial charge in [0.05, 0.1) is 0 Å². The van der Waals surface area contributed by atoms with E-state index >= 15 is 0 Å². The lowest BCUT2D eigenvalue weighted by molar-refractivity contribution is -0.139. The monoisotopic (exact) mass is 256 g/mol. The fraction of sp³-hybridized carbons (Fsp3) is 0.846. The molecule has 5 nitrogen and oxygen atoms in total. The molecular formula is C13H24N2O3. The molecular weight excluding hydrogens is 232 g/mol. The highest BCUT2D eigenvalue weighted by Gasteiger charge is 2.25. The molecule has 18 heavy (non-hydrogen) atoms. The Kier molecular flexibility index (Phi) is 5.95. The topological polar surface area (TPSA) is 69.6 Å². The summed E-state index contributed by atoms with van der Waals surface area (Å²) in [5, 5.41) is 11.7. The molecule has 0 aromatic rings. The molecule has 2 amide bonds. The maximum Gasteiger partial charge on any atom is 0.326 e. The largest absolute Gasteiger partial charge is 0.480 e. The number of rotatable bonds is 5. The third kappa shape index (κ3) is 4.55. The van der Waals surface area contributed by atoms with E-state index in [9.17, 15) is 9.59 Å². The zero-order valence-electron chi connectivity index (χ0n) is 11.3. The molecule has 0 aliphatic carbocycles. The maximum absolute atomic E-state index is 12.0. The minimum atomic E-state index is -0.943. The summed E-state index contributed by atoms with van der Waals surface area (Å²) in [5.41, 5.74) is 0. The van der Waals surface area contributed by atoms with E-state index in [-0.39, 0.29) is 6.03 Å². The SMILES string of the molecule is CCCCC(NC(=O)N1CCCC(C)C1)C(=O)O. The van der Waals surface area contributed by atoms with E-state index in [0.29, 0.717) is 12.3 Å². The molecule has 1 saturated heterocycles. The lowest BCUT2D eigenvalue weighted by Crippen LogP contribution is -2.50. The number of likely N-dealkylation sites (tertiary alicyclic amines) is 1. The molecule has 0 aromatic carbocycles. The molecule has 1 heterocycles. The van der Waals surface area contributed by atoms with Crippen LogP contribution >= 0.6 is 0 Å². The molecule has 0 radical (unpaired) electrons. The van der Waals surface area contributed by atoms with E-state index in [1.807, 2.05) is 6.92 Å². The van der Waals surface area contributed by atoms with Crippen LogP contribution in [0.15, 0.2) is 0 Å². The number of amides is 2. The number of carbonyl (C=O) groups is 2. The third-order valence-corrected chi connectivity index (χ3v) is 3.39. The van der Waals surface area contributed by atoms with Crippen LogP contribution in [-0.4, -0.2) is 41.1 Å². The molecule has 0 aromatic heterocycles. The second-order valence-corrected chi connectivity index (χ2v) is 5.18. The second-order valence-electron chi connectivity index (χ2n) is 5.18. The smallest absolute Gasteiger partial charge is 0.326 e. The first-order valence-electron chi connectivity index (χ1n) is 6.82. The second kappa shape index (κ2) is 7.24. The van der Waals surface area contributed by atoms with Crippen molar-refractivity contribution in [2.24, 2.45) is 5.92 Å². The van der Waals surface area contributed by atoms with Crippen LogP contribution in [0.4, 0.5) is 4.79 Å². The van der Waals surface area contributed by atoms with Crippen LogP contribution in [0.25, 0.3) is 0 Å². The highest BCUT2D eigenvalue weighted by Crippen LogP contribution is 2.15. The Balaban J connectivity index is 2.46. The Morgan fingerprint density at radius 3 is 2.78 bits per heavy atom. The Morgan fingerprint density at radius 1 is 1.50 bits per heavy atom. The van der Waals surface area contributed by atoms with E-state index in [1.165, 1.54) is 0 Å². The van der Waals surface area contributed by atoms with Gasteiger partial charge < -0.3 is 15.3 Å². The molecule has 1 aliphatic rings. The molecule has 2 atom stereocenters. The number of urea groups is 1. The number of carboxylic acids is 1. The Hall–Kier alpha value is -1.26. The number of hydrogen-bond donors (Lipinski definition) is 2. The predicted octanol–water partition coefficient (Wildman–Crippen LogP) is 2.07. The molecule has 0 spiro atoms.